The van der Waals surface area contributed by atoms with Gasteiger partial charge in [-0.15, -0.1) is 13.2 Å². The van der Waals surface area contributed by atoms with Gasteiger partial charge in [0.25, 0.3) is 0 Å². The Morgan fingerprint density at radius 3 is 2.47 bits per heavy atom. The van der Waals surface area contributed by atoms with Crippen LogP contribution in [-0.2, 0) is 12.8 Å². The second-order valence-electron chi connectivity index (χ2n) is 8.88. The standard InChI is InChI=1S/C30H24F3N3OS/c1-2-21-5-3-4-6-22(21)16-26(38)18-34-17-20-7-13-27-23(15-20)8-14-29-28(27)19-35-36(29)24-9-11-25(12-10-24)37-30(31,32)33/h3-15,17,19H,2,16,18H2,1H3. The van der Waals surface area contributed by atoms with Crippen LogP contribution in [0.3, 0.4) is 0 Å². The maximum absolute atomic E-state index is 12.5. The number of hydrogen-bond donors (Lipinski definition) is 0. The molecule has 4 nitrogen and oxygen atoms in total. The molecule has 0 N–H and O–H groups in total. The zero-order valence-electron chi connectivity index (χ0n) is 20.6. The summed E-state index contributed by atoms with van der Waals surface area (Å²) in [4.78, 5) is 5.47. The van der Waals surface area contributed by atoms with Crippen LogP contribution in [0, 0.1) is 0 Å². The van der Waals surface area contributed by atoms with Gasteiger partial charge in [-0.05, 0) is 70.3 Å². The van der Waals surface area contributed by atoms with Gasteiger partial charge in [-0.1, -0.05) is 61.6 Å². The number of hydrogen-bond acceptors (Lipinski definition) is 4. The Labute approximate surface area is 223 Å². The number of aryl methyl sites for hydroxylation is 1. The molecule has 5 aromatic rings. The molecule has 4 aromatic carbocycles. The van der Waals surface area contributed by atoms with E-state index >= 15 is 0 Å². The van der Waals surface area contributed by atoms with E-state index < -0.39 is 6.36 Å². The molecule has 38 heavy (non-hydrogen) atoms. The Balaban J connectivity index is 1.31. The smallest absolute Gasteiger partial charge is 0.406 e. The molecule has 192 valence electrons. The number of fused-ring (bicyclic) bond motifs is 3. The number of nitrogens with zero attached hydrogens (tertiary/aromatic N) is 3. The lowest BCUT2D eigenvalue weighted by molar-refractivity contribution is -0.274. The van der Waals surface area contributed by atoms with Crippen LogP contribution in [0.5, 0.6) is 5.75 Å². The predicted octanol–water partition coefficient (Wildman–Crippen LogP) is 7.67. The van der Waals surface area contributed by atoms with Crippen molar-refractivity contribution >= 4 is 45.0 Å². The number of aromatic nitrogens is 2. The van der Waals surface area contributed by atoms with Crippen LogP contribution in [0.4, 0.5) is 13.2 Å². The monoisotopic (exact) mass is 531 g/mol. The highest BCUT2D eigenvalue weighted by atomic mass is 32.1. The minimum Gasteiger partial charge on any atom is -0.406 e. The van der Waals surface area contributed by atoms with Crippen molar-refractivity contribution in [1.29, 1.82) is 0 Å². The van der Waals surface area contributed by atoms with Crippen molar-refractivity contribution in [2.45, 2.75) is 26.1 Å². The lowest BCUT2D eigenvalue weighted by Crippen LogP contribution is -2.17. The molecule has 0 aliphatic rings. The van der Waals surface area contributed by atoms with Gasteiger partial charge in [0.05, 0.1) is 23.9 Å². The van der Waals surface area contributed by atoms with E-state index in [0.29, 0.717) is 12.2 Å². The second kappa shape index (κ2) is 10.8. The first-order chi connectivity index (χ1) is 18.3. The fourth-order valence-corrected chi connectivity index (χ4v) is 4.76. The SMILES string of the molecule is CCc1ccccc1CC(=S)CN=Cc1ccc2c(ccc3c2cnn3-c2ccc(OC(F)(F)F)cc2)c1. The van der Waals surface area contributed by atoms with E-state index in [1.807, 2.05) is 36.5 Å². The Morgan fingerprint density at radius 2 is 1.74 bits per heavy atom. The van der Waals surface area contributed by atoms with Crippen molar-refractivity contribution in [2.24, 2.45) is 4.99 Å². The molecule has 0 saturated heterocycles. The largest absolute Gasteiger partial charge is 0.573 e. The van der Waals surface area contributed by atoms with E-state index in [9.17, 15) is 13.2 Å². The van der Waals surface area contributed by atoms with E-state index in [0.717, 1.165) is 44.9 Å². The molecule has 0 atom stereocenters. The summed E-state index contributed by atoms with van der Waals surface area (Å²) in [6.45, 7) is 2.64. The van der Waals surface area contributed by atoms with Crippen molar-refractivity contribution < 1.29 is 17.9 Å². The lowest BCUT2D eigenvalue weighted by Gasteiger charge is -2.10. The predicted molar refractivity (Wildman–Crippen MR) is 150 cm³/mol. The minimum atomic E-state index is -4.73. The summed E-state index contributed by atoms with van der Waals surface area (Å²) in [6, 6.07) is 24.0. The Kier molecular flexibility index (Phi) is 7.24. The number of thiocarbonyl (C=S) groups is 1. The summed E-state index contributed by atoms with van der Waals surface area (Å²) in [7, 11) is 0. The first kappa shape index (κ1) is 25.6. The van der Waals surface area contributed by atoms with Gasteiger partial charge in [0.1, 0.15) is 5.75 Å². The van der Waals surface area contributed by atoms with Crippen LogP contribution < -0.4 is 4.74 Å². The van der Waals surface area contributed by atoms with Crippen LogP contribution in [0.2, 0.25) is 0 Å². The number of benzene rings is 4. The van der Waals surface area contributed by atoms with Gasteiger partial charge in [0.2, 0.25) is 0 Å². The van der Waals surface area contributed by atoms with E-state index in [4.69, 9.17) is 12.2 Å². The molecule has 0 fully saturated rings. The third kappa shape index (κ3) is 5.75. The number of aliphatic imine (C=N–C) groups is 1. The van der Waals surface area contributed by atoms with Crippen LogP contribution in [-0.4, -0.2) is 33.8 Å². The minimum absolute atomic E-state index is 0.274. The summed E-state index contributed by atoms with van der Waals surface area (Å²) in [5.74, 6) is -0.274. The molecular formula is C30H24F3N3OS. The highest BCUT2D eigenvalue weighted by molar-refractivity contribution is 7.80. The topological polar surface area (TPSA) is 39.4 Å². The zero-order valence-corrected chi connectivity index (χ0v) is 21.4. The quantitative estimate of drug-likeness (QED) is 0.152. The number of halogens is 3. The van der Waals surface area contributed by atoms with Crippen LogP contribution in [0.25, 0.3) is 27.4 Å². The average Bonchev–Trinajstić information content (AvgIpc) is 3.33. The summed E-state index contributed by atoms with van der Waals surface area (Å²) < 4.78 is 43.0. The molecule has 0 saturated carbocycles. The highest BCUT2D eigenvalue weighted by Gasteiger charge is 2.31. The number of ether oxygens (including phenoxy) is 1. The fraction of sp³-hybridized carbons (Fsp3) is 0.167. The molecule has 5 rings (SSSR count). The maximum atomic E-state index is 12.5. The van der Waals surface area contributed by atoms with Crippen molar-refractivity contribution in [2.75, 3.05) is 6.54 Å². The second-order valence-corrected chi connectivity index (χ2v) is 9.46. The first-order valence-corrected chi connectivity index (χ1v) is 12.6. The third-order valence-corrected chi connectivity index (χ3v) is 6.58. The van der Waals surface area contributed by atoms with E-state index in [1.165, 1.54) is 23.3 Å². The van der Waals surface area contributed by atoms with Crippen LogP contribution >= 0.6 is 12.2 Å². The number of rotatable bonds is 8. The zero-order chi connectivity index (χ0) is 26.7. The number of alkyl halides is 3. The van der Waals surface area contributed by atoms with Crippen molar-refractivity contribution in [3.05, 3.63) is 102 Å². The van der Waals surface area contributed by atoms with Gasteiger partial charge in [-0.3, -0.25) is 4.99 Å². The maximum Gasteiger partial charge on any atom is 0.573 e. The Morgan fingerprint density at radius 1 is 0.974 bits per heavy atom. The lowest BCUT2D eigenvalue weighted by atomic mass is 10.0. The molecule has 0 unspecified atom stereocenters. The fourth-order valence-electron chi connectivity index (χ4n) is 4.53. The van der Waals surface area contributed by atoms with Crippen molar-refractivity contribution in [1.82, 2.24) is 9.78 Å². The molecule has 1 aromatic heterocycles. The van der Waals surface area contributed by atoms with E-state index in [-0.39, 0.29) is 5.75 Å². The summed E-state index contributed by atoms with van der Waals surface area (Å²) >= 11 is 5.58. The third-order valence-electron chi connectivity index (χ3n) is 6.30. The Bertz CT molecular complexity index is 1640. The Hall–Kier alpha value is -4.04. The molecule has 0 aliphatic heterocycles. The summed E-state index contributed by atoms with van der Waals surface area (Å²) in [5.41, 5.74) is 5.03. The molecule has 0 aliphatic carbocycles. The van der Waals surface area contributed by atoms with Gasteiger partial charge in [0.15, 0.2) is 0 Å². The molecule has 0 radical (unpaired) electrons. The first-order valence-electron chi connectivity index (χ1n) is 12.2. The van der Waals surface area contributed by atoms with Crippen molar-refractivity contribution in [3.63, 3.8) is 0 Å². The molecule has 0 amide bonds. The van der Waals surface area contributed by atoms with Crippen molar-refractivity contribution in [3.8, 4) is 11.4 Å². The molecule has 0 bridgehead atoms. The van der Waals surface area contributed by atoms with Gasteiger partial charge in [0, 0.05) is 22.9 Å². The van der Waals surface area contributed by atoms with Gasteiger partial charge < -0.3 is 4.74 Å². The van der Waals surface area contributed by atoms with Gasteiger partial charge >= 0.3 is 6.36 Å². The van der Waals surface area contributed by atoms with Crippen LogP contribution in [0.1, 0.15) is 23.6 Å². The summed E-state index contributed by atoms with van der Waals surface area (Å²) in [5, 5.41) is 7.47. The van der Waals surface area contributed by atoms with E-state index in [2.05, 4.69) is 46.0 Å². The summed E-state index contributed by atoms with van der Waals surface area (Å²) in [6.07, 6.45) is 0.603. The van der Waals surface area contributed by atoms with Gasteiger partial charge in [-0.25, -0.2) is 4.68 Å². The van der Waals surface area contributed by atoms with Crippen LogP contribution in [0.15, 0.2) is 90.1 Å². The average molecular weight is 532 g/mol. The molecule has 0 spiro atoms. The molecule has 1 heterocycles. The molecule has 8 heteroatoms. The highest BCUT2D eigenvalue weighted by Crippen LogP contribution is 2.29. The van der Waals surface area contributed by atoms with Gasteiger partial charge in [-0.2, -0.15) is 5.10 Å². The molecular weight excluding hydrogens is 507 g/mol. The normalized spacial score (nSPS) is 12.0. The van der Waals surface area contributed by atoms with E-state index in [1.54, 1.807) is 23.0 Å².